The Bertz CT molecular complexity index is 926. The van der Waals surface area contributed by atoms with Crippen LogP contribution in [0.5, 0.6) is 0 Å². The summed E-state index contributed by atoms with van der Waals surface area (Å²) in [5.41, 5.74) is 3.57. The molecular weight excluding hydrogens is 335 g/mol. The topological polar surface area (TPSA) is 65.3 Å². The molecule has 26 heavy (non-hydrogen) atoms. The van der Waals surface area contributed by atoms with Gasteiger partial charge in [-0.2, -0.15) is 5.11 Å². The number of carbonyl (C=O) groups excluding carboxylic acids is 2. The molecule has 0 radical (unpaired) electrons. The molecule has 2 aromatic carbocycles. The predicted molar refractivity (Wildman–Crippen MR) is 92.8 cm³/mol. The van der Waals surface area contributed by atoms with Gasteiger partial charge in [-0.05, 0) is 49.2 Å². The van der Waals surface area contributed by atoms with E-state index in [9.17, 15) is 14.0 Å². The lowest BCUT2D eigenvalue weighted by Crippen LogP contribution is -2.39. The van der Waals surface area contributed by atoms with Crippen LogP contribution in [-0.4, -0.2) is 28.9 Å². The highest BCUT2D eigenvalue weighted by atomic mass is 19.1. The van der Waals surface area contributed by atoms with Crippen LogP contribution in [-0.2, 0) is 16.1 Å². The molecule has 2 aromatic rings. The molecule has 2 aliphatic heterocycles. The van der Waals surface area contributed by atoms with Gasteiger partial charge < -0.3 is 0 Å². The van der Waals surface area contributed by atoms with E-state index in [1.165, 1.54) is 24.3 Å². The number of hydrogen-bond acceptors (Lipinski definition) is 5. The molecule has 2 atom stereocenters. The Morgan fingerprint density at radius 2 is 1.77 bits per heavy atom. The van der Waals surface area contributed by atoms with E-state index in [4.69, 9.17) is 0 Å². The van der Waals surface area contributed by atoms with Gasteiger partial charge >= 0.3 is 0 Å². The van der Waals surface area contributed by atoms with Crippen molar-refractivity contribution < 1.29 is 14.0 Å². The first kappa shape index (κ1) is 16.4. The molecular formula is C19H17FN4O2. The van der Waals surface area contributed by atoms with Crippen molar-refractivity contribution in [2.24, 2.45) is 10.3 Å². The minimum absolute atomic E-state index is 0.345. The number of nitrogens with zero attached hydrogens (tertiary/aromatic N) is 4. The average molecular weight is 352 g/mol. The maximum absolute atomic E-state index is 13.1. The second-order valence-corrected chi connectivity index (χ2v) is 6.61. The summed E-state index contributed by atoms with van der Waals surface area (Å²) >= 11 is 0. The van der Waals surface area contributed by atoms with Crippen LogP contribution in [0.2, 0.25) is 0 Å². The van der Waals surface area contributed by atoms with Crippen LogP contribution in [0.25, 0.3) is 0 Å². The SMILES string of the molecule is Cc1ccc(C)c(CN2N=NC3C(=O)N(c4ccc(F)cc4)C(=O)C32)c1. The smallest absolute Gasteiger partial charge is 0.263 e. The fraction of sp³-hybridized carbons (Fsp3) is 0.263. The number of amides is 2. The summed E-state index contributed by atoms with van der Waals surface area (Å²) in [7, 11) is 0. The van der Waals surface area contributed by atoms with Crippen LogP contribution in [0.4, 0.5) is 10.1 Å². The molecule has 1 saturated heterocycles. The summed E-state index contributed by atoms with van der Waals surface area (Å²) in [5, 5.41) is 9.64. The molecule has 0 aromatic heterocycles. The first-order chi connectivity index (χ1) is 12.5. The lowest BCUT2D eigenvalue weighted by molar-refractivity contribution is -0.123. The number of aryl methyl sites for hydroxylation is 2. The van der Waals surface area contributed by atoms with E-state index in [1.807, 2.05) is 32.0 Å². The Labute approximate surface area is 149 Å². The molecule has 0 spiro atoms. The number of imide groups is 1. The van der Waals surface area contributed by atoms with Gasteiger partial charge in [0.2, 0.25) is 0 Å². The predicted octanol–water partition coefficient (Wildman–Crippen LogP) is 2.94. The number of fused-ring (bicyclic) bond motifs is 1. The number of anilines is 1. The van der Waals surface area contributed by atoms with E-state index in [-0.39, 0.29) is 5.91 Å². The van der Waals surface area contributed by atoms with Crippen molar-refractivity contribution in [3.8, 4) is 0 Å². The highest BCUT2D eigenvalue weighted by Gasteiger charge is 2.54. The minimum Gasteiger partial charge on any atom is -0.271 e. The number of hydrogen-bond donors (Lipinski definition) is 0. The summed E-state index contributed by atoms with van der Waals surface area (Å²) in [6.45, 7) is 4.39. The van der Waals surface area contributed by atoms with Crippen molar-refractivity contribution in [2.45, 2.75) is 32.5 Å². The first-order valence-electron chi connectivity index (χ1n) is 8.32. The molecule has 2 heterocycles. The Morgan fingerprint density at radius 1 is 1.04 bits per heavy atom. The fourth-order valence-electron chi connectivity index (χ4n) is 3.34. The van der Waals surface area contributed by atoms with Gasteiger partial charge in [0.1, 0.15) is 5.82 Å². The Hall–Kier alpha value is -3.09. The lowest BCUT2D eigenvalue weighted by Gasteiger charge is -2.21. The van der Waals surface area contributed by atoms with Crippen LogP contribution in [0.3, 0.4) is 0 Å². The van der Waals surface area contributed by atoms with Crippen molar-refractivity contribution >= 4 is 17.5 Å². The summed E-state index contributed by atoms with van der Waals surface area (Å²) in [6.07, 6.45) is 0. The molecule has 7 heteroatoms. The van der Waals surface area contributed by atoms with Gasteiger partial charge in [0.25, 0.3) is 11.8 Å². The van der Waals surface area contributed by atoms with Gasteiger partial charge in [-0.15, -0.1) is 0 Å². The Kier molecular flexibility index (Phi) is 3.79. The van der Waals surface area contributed by atoms with Gasteiger partial charge in [0.15, 0.2) is 12.1 Å². The van der Waals surface area contributed by atoms with E-state index >= 15 is 0 Å². The van der Waals surface area contributed by atoms with E-state index in [2.05, 4.69) is 10.3 Å². The monoisotopic (exact) mass is 352 g/mol. The standard InChI is InChI=1S/C19H17FN4O2/c1-11-3-4-12(2)13(9-11)10-23-17-16(21-22-23)18(25)24(19(17)26)15-7-5-14(20)6-8-15/h3-9,16-17H,10H2,1-2H3. The van der Waals surface area contributed by atoms with Crippen LogP contribution in [0.15, 0.2) is 52.8 Å². The second kappa shape index (κ2) is 6.01. The normalized spacial score (nSPS) is 21.7. The third-order valence-electron chi connectivity index (χ3n) is 4.78. The maximum Gasteiger partial charge on any atom is 0.263 e. The average Bonchev–Trinajstić information content (AvgIpc) is 3.13. The highest BCUT2D eigenvalue weighted by molar-refractivity contribution is 6.25. The molecule has 0 bridgehead atoms. The van der Waals surface area contributed by atoms with Crippen LogP contribution in [0.1, 0.15) is 16.7 Å². The van der Waals surface area contributed by atoms with Crippen LogP contribution < -0.4 is 4.90 Å². The summed E-state index contributed by atoms with van der Waals surface area (Å²) in [6, 6.07) is 9.74. The molecule has 6 nitrogen and oxygen atoms in total. The summed E-state index contributed by atoms with van der Waals surface area (Å²) in [4.78, 5) is 26.6. The molecule has 0 saturated carbocycles. The molecule has 4 rings (SSSR count). The van der Waals surface area contributed by atoms with E-state index in [1.54, 1.807) is 5.01 Å². The fourth-order valence-corrected chi connectivity index (χ4v) is 3.34. The van der Waals surface area contributed by atoms with E-state index < -0.39 is 23.8 Å². The largest absolute Gasteiger partial charge is 0.271 e. The third-order valence-corrected chi connectivity index (χ3v) is 4.78. The van der Waals surface area contributed by atoms with Gasteiger partial charge in [-0.1, -0.05) is 29.0 Å². The van der Waals surface area contributed by atoms with E-state index in [0.29, 0.717) is 12.2 Å². The van der Waals surface area contributed by atoms with E-state index in [0.717, 1.165) is 21.6 Å². The zero-order valence-electron chi connectivity index (χ0n) is 14.4. The van der Waals surface area contributed by atoms with Crippen LogP contribution >= 0.6 is 0 Å². The third kappa shape index (κ3) is 2.56. The second-order valence-electron chi connectivity index (χ2n) is 6.61. The molecule has 1 fully saturated rings. The summed E-state index contributed by atoms with van der Waals surface area (Å²) in [5.74, 6) is -1.25. The van der Waals surface area contributed by atoms with Crippen molar-refractivity contribution in [1.82, 2.24) is 5.01 Å². The maximum atomic E-state index is 13.1. The summed E-state index contributed by atoms with van der Waals surface area (Å²) < 4.78 is 13.1. The van der Waals surface area contributed by atoms with Gasteiger partial charge in [-0.3, -0.25) is 14.6 Å². The zero-order valence-corrected chi connectivity index (χ0v) is 14.4. The minimum atomic E-state index is -0.849. The van der Waals surface area contributed by atoms with Crippen LogP contribution in [0, 0.1) is 19.7 Å². The molecule has 0 N–H and O–H groups in total. The Morgan fingerprint density at radius 3 is 2.50 bits per heavy atom. The molecule has 2 aliphatic rings. The highest BCUT2D eigenvalue weighted by Crippen LogP contribution is 2.33. The quantitative estimate of drug-likeness (QED) is 0.798. The molecule has 2 unspecified atom stereocenters. The van der Waals surface area contributed by atoms with Crippen molar-refractivity contribution in [3.63, 3.8) is 0 Å². The van der Waals surface area contributed by atoms with Gasteiger partial charge in [0, 0.05) is 0 Å². The lowest BCUT2D eigenvalue weighted by atomic mass is 10.0. The number of carbonyl (C=O) groups is 2. The van der Waals surface area contributed by atoms with Crippen molar-refractivity contribution in [2.75, 3.05) is 4.90 Å². The Balaban J connectivity index is 1.62. The molecule has 0 aliphatic carbocycles. The zero-order chi connectivity index (χ0) is 18.4. The number of halogens is 1. The molecule has 2 amide bonds. The van der Waals surface area contributed by atoms with Crippen molar-refractivity contribution in [1.29, 1.82) is 0 Å². The van der Waals surface area contributed by atoms with Crippen molar-refractivity contribution in [3.05, 3.63) is 65.0 Å². The molecule has 132 valence electrons. The number of rotatable bonds is 3. The first-order valence-corrected chi connectivity index (χ1v) is 8.32. The van der Waals surface area contributed by atoms with Gasteiger partial charge in [0.05, 0.1) is 12.2 Å². The van der Waals surface area contributed by atoms with Gasteiger partial charge in [-0.25, -0.2) is 9.29 Å². The number of benzene rings is 2.